The molecule has 1 saturated heterocycles. The van der Waals surface area contributed by atoms with E-state index < -0.39 is 0 Å². The van der Waals surface area contributed by atoms with Crippen molar-refractivity contribution in [2.75, 3.05) is 37.8 Å². The highest BCUT2D eigenvalue weighted by Gasteiger charge is 2.23. The lowest BCUT2D eigenvalue weighted by Crippen LogP contribution is -2.35. The van der Waals surface area contributed by atoms with Crippen molar-refractivity contribution in [2.45, 2.75) is 31.4 Å². The summed E-state index contributed by atoms with van der Waals surface area (Å²) in [6, 6.07) is 3.71. The molecule has 1 atom stereocenters. The maximum absolute atomic E-state index is 12.7. The van der Waals surface area contributed by atoms with Crippen LogP contribution in [-0.2, 0) is 0 Å². The van der Waals surface area contributed by atoms with E-state index in [-0.39, 0.29) is 5.91 Å². The van der Waals surface area contributed by atoms with Crippen LogP contribution in [0.5, 0.6) is 0 Å². The Labute approximate surface area is 131 Å². The topological polar surface area (TPSA) is 36.4 Å². The van der Waals surface area contributed by atoms with Crippen molar-refractivity contribution in [1.82, 2.24) is 9.88 Å². The zero-order chi connectivity index (χ0) is 15.2. The van der Waals surface area contributed by atoms with Gasteiger partial charge in [0.25, 0.3) is 5.91 Å². The maximum atomic E-state index is 12.7. The molecule has 0 spiro atoms. The van der Waals surface area contributed by atoms with Gasteiger partial charge in [-0.05, 0) is 30.7 Å². The number of carbonyl (C=O) groups excluding carboxylic acids is 1. The van der Waals surface area contributed by atoms with Gasteiger partial charge in [-0.2, -0.15) is 11.8 Å². The Kier molecular flexibility index (Phi) is 5.91. The third kappa shape index (κ3) is 4.37. The first kappa shape index (κ1) is 16.1. The molecule has 0 N–H and O–H groups in total. The van der Waals surface area contributed by atoms with Gasteiger partial charge in [-0.3, -0.25) is 4.79 Å². The number of aromatic nitrogens is 1. The molecule has 0 aliphatic carbocycles. The maximum Gasteiger partial charge on any atom is 0.254 e. The second-order valence-corrected chi connectivity index (χ2v) is 7.20. The first-order valence-corrected chi connectivity index (χ1v) is 8.71. The monoisotopic (exact) mass is 307 g/mol. The second-order valence-electron chi connectivity index (χ2n) is 5.62. The molecule has 116 valence electrons. The summed E-state index contributed by atoms with van der Waals surface area (Å²) in [7, 11) is 3.88. The number of hydrogen-bond acceptors (Lipinski definition) is 4. The van der Waals surface area contributed by atoms with Gasteiger partial charge in [-0.15, -0.1) is 0 Å². The van der Waals surface area contributed by atoms with E-state index in [1.54, 1.807) is 6.20 Å². The first-order valence-electron chi connectivity index (χ1n) is 7.66. The van der Waals surface area contributed by atoms with E-state index in [0.717, 1.165) is 36.6 Å². The van der Waals surface area contributed by atoms with Crippen LogP contribution in [0.4, 0.5) is 5.82 Å². The van der Waals surface area contributed by atoms with E-state index >= 15 is 0 Å². The summed E-state index contributed by atoms with van der Waals surface area (Å²) < 4.78 is 0. The highest BCUT2D eigenvalue weighted by molar-refractivity contribution is 7.99. The summed E-state index contributed by atoms with van der Waals surface area (Å²) in [5, 5.41) is 0.580. The lowest BCUT2D eigenvalue weighted by atomic mass is 10.2. The SMILES string of the molecule is CCS[C@@H]1CCCCN(C(=O)c2ccnc(N(C)C)c2)C1. The van der Waals surface area contributed by atoms with Gasteiger partial charge in [0.05, 0.1) is 0 Å². The van der Waals surface area contributed by atoms with Gasteiger partial charge in [0.1, 0.15) is 5.82 Å². The van der Waals surface area contributed by atoms with Gasteiger partial charge in [0.15, 0.2) is 0 Å². The van der Waals surface area contributed by atoms with Crippen molar-refractivity contribution < 1.29 is 4.79 Å². The third-order valence-corrected chi connectivity index (χ3v) is 4.96. The van der Waals surface area contributed by atoms with E-state index in [4.69, 9.17) is 0 Å². The van der Waals surface area contributed by atoms with Crippen molar-refractivity contribution in [1.29, 1.82) is 0 Å². The number of pyridine rings is 1. The zero-order valence-electron chi connectivity index (χ0n) is 13.2. The molecule has 1 aliphatic heterocycles. The fourth-order valence-electron chi connectivity index (χ4n) is 2.64. The smallest absolute Gasteiger partial charge is 0.254 e. The number of amides is 1. The van der Waals surface area contributed by atoms with Crippen LogP contribution in [0, 0.1) is 0 Å². The minimum absolute atomic E-state index is 0.143. The normalized spacial score (nSPS) is 19.2. The predicted molar refractivity (Wildman–Crippen MR) is 90.2 cm³/mol. The molecular formula is C16H25N3OS. The largest absolute Gasteiger partial charge is 0.363 e. The number of likely N-dealkylation sites (tertiary alicyclic amines) is 1. The summed E-state index contributed by atoms with van der Waals surface area (Å²) in [4.78, 5) is 21.0. The summed E-state index contributed by atoms with van der Waals surface area (Å²) in [5.74, 6) is 2.09. The molecule has 2 rings (SSSR count). The van der Waals surface area contributed by atoms with Crippen molar-refractivity contribution in [3.63, 3.8) is 0 Å². The molecule has 1 aromatic rings. The molecule has 2 heterocycles. The number of thioether (sulfide) groups is 1. The minimum Gasteiger partial charge on any atom is -0.363 e. The molecular weight excluding hydrogens is 282 g/mol. The summed E-state index contributed by atoms with van der Waals surface area (Å²) in [6.07, 6.45) is 5.28. The molecule has 1 amide bonds. The van der Waals surface area contributed by atoms with Crippen LogP contribution in [0.15, 0.2) is 18.3 Å². The van der Waals surface area contributed by atoms with Crippen molar-refractivity contribution in [2.24, 2.45) is 0 Å². The van der Waals surface area contributed by atoms with E-state index in [1.165, 1.54) is 12.8 Å². The Morgan fingerprint density at radius 1 is 1.48 bits per heavy atom. The molecule has 0 radical (unpaired) electrons. The number of rotatable bonds is 4. The van der Waals surface area contributed by atoms with Crippen LogP contribution in [0.25, 0.3) is 0 Å². The Morgan fingerprint density at radius 2 is 2.29 bits per heavy atom. The van der Waals surface area contributed by atoms with Crippen LogP contribution >= 0.6 is 11.8 Å². The lowest BCUT2D eigenvalue weighted by molar-refractivity contribution is 0.0763. The molecule has 0 unspecified atom stereocenters. The Morgan fingerprint density at radius 3 is 3.00 bits per heavy atom. The average molecular weight is 307 g/mol. The fraction of sp³-hybridized carbons (Fsp3) is 0.625. The standard InChI is InChI=1S/C16H25N3OS/c1-4-21-14-7-5-6-10-19(12-14)16(20)13-8-9-17-15(11-13)18(2)3/h8-9,11,14H,4-7,10,12H2,1-3H3/t14-/m1/s1. The van der Waals surface area contributed by atoms with E-state index in [2.05, 4.69) is 11.9 Å². The van der Waals surface area contributed by atoms with E-state index in [9.17, 15) is 4.79 Å². The van der Waals surface area contributed by atoms with Crippen molar-refractivity contribution in [3.05, 3.63) is 23.9 Å². The number of hydrogen-bond donors (Lipinski definition) is 0. The Bertz CT molecular complexity index is 478. The van der Waals surface area contributed by atoms with Crippen LogP contribution in [0.1, 0.15) is 36.5 Å². The fourth-order valence-corrected chi connectivity index (χ4v) is 3.73. The van der Waals surface area contributed by atoms with Crippen LogP contribution in [-0.4, -0.2) is 54.0 Å². The van der Waals surface area contributed by atoms with Gasteiger partial charge in [0.2, 0.25) is 0 Å². The third-order valence-electron chi connectivity index (χ3n) is 3.77. The quantitative estimate of drug-likeness (QED) is 0.857. The van der Waals surface area contributed by atoms with Crippen LogP contribution in [0.3, 0.4) is 0 Å². The predicted octanol–water partition coefficient (Wildman–Crippen LogP) is 2.90. The van der Waals surface area contributed by atoms with Gasteiger partial charge in [-0.25, -0.2) is 4.98 Å². The zero-order valence-corrected chi connectivity index (χ0v) is 14.0. The highest BCUT2D eigenvalue weighted by Crippen LogP contribution is 2.23. The van der Waals surface area contributed by atoms with Crippen LogP contribution < -0.4 is 4.90 Å². The molecule has 5 heteroatoms. The van der Waals surface area contributed by atoms with Gasteiger partial charge in [-0.1, -0.05) is 13.3 Å². The molecule has 1 aromatic heterocycles. The van der Waals surface area contributed by atoms with Crippen molar-refractivity contribution >= 4 is 23.5 Å². The minimum atomic E-state index is 0.143. The summed E-state index contributed by atoms with van der Waals surface area (Å²) >= 11 is 1.98. The van der Waals surface area contributed by atoms with E-state index in [1.807, 2.05) is 47.8 Å². The second kappa shape index (κ2) is 7.69. The molecule has 0 bridgehead atoms. The number of anilines is 1. The van der Waals surface area contributed by atoms with E-state index in [0.29, 0.717) is 5.25 Å². The molecule has 0 saturated carbocycles. The van der Waals surface area contributed by atoms with Crippen molar-refractivity contribution in [3.8, 4) is 0 Å². The Balaban J connectivity index is 2.12. The summed E-state index contributed by atoms with van der Waals surface area (Å²) in [5.41, 5.74) is 0.746. The van der Waals surface area contributed by atoms with Gasteiger partial charge >= 0.3 is 0 Å². The number of carbonyl (C=O) groups is 1. The lowest BCUT2D eigenvalue weighted by Gasteiger charge is -2.24. The van der Waals surface area contributed by atoms with Gasteiger partial charge in [0, 0.05) is 44.2 Å². The highest BCUT2D eigenvalue weighted by atomic mass is 32.2. The molecule has 4 nitrogen and oxygen atoms in total. The number of nitrogens with zero attached hydrogens (tertiary/aromatic N) is 3. The van der Waals surface area contributed by atoms with Gasteiger partial charge < -0.3 is 9.80 Å². The average Bonchev–Trinajstić information content (AvgIpc) is 2.72. The first-order chi connectivity index (χ1) is 10.1. The Hall–Kier alpha value is -1.23. The molecule has 0 aromatic carbocycles. The molecule has 21 heavy (non-hydrogen) atoms. The van der Waals surface area contributed by atoms with Crippen LogP contribution in [0.2, 0.25) is 0 Å². The summed E-state index contributed by atoms with van der Waals surface area (Å²) in [6.45, 7) is 3.93. The molecule has 1 fully saturated rings. The molecule has 1 aliphatic rings.